The van der Waals surface area contributed by atoms with Crippen molar-refractivity contribution in [1.29, 1.82) is 0 Å². The lowest BCUT2D eigenvalue weighted by Crippen LogP contribution is -2.13. The average molecular weight is 258 g/mol. The van der Waals surface area contributed by atoms with Crippen LogP contribution in [0.1, 0.15) is 37.7 Å². The zero-order chi connectivity index (χ0) is 13.7. The molecule has 0 saturated carbocycles. The van der Waals surface area contributed by atoms with Gasteiger partial charge < -0.3 is 0 Å². The molecule has 0 amide bonds. The number of rotatable bonds is 6. The number of hydrogen-bond acceptors (Lipinski definition) is 4. The third-order valence-corrected chi connectivity index (χ3v) is 2.91. The topological polar surface area (TPSA) is 60.7 Å². The van der Waals surface area contributed by atoms with Gasteiger partial charge in [0, 0.05) is 24.9 Å². The van der Waals surface area contributed by atoms with E-state index in [1.54, 1.807) is 17.1 Å². The van der Waals surface area contributed by atoms with Crippen LogP contribution < -0.4 is 0 Å². The van der Waals surface area contributed by atoms with E-state index in [-0.39, 0.29) is 11.8 Å². The molecular weight excluding hydrogens is 240 g/mol. The number of carbonyl (C=O) groups is 1. The van der Waals surface area contributed by atoms with E-state index in [1.807, 2.05) is 26.0 Å². The highest BCUT2D eigenvalue weighted by Gasteiger charge is 2.12. The van der Waals surface area contributed by atoms with Gasteiger partial charge in [-0.2, -0.15) is 5.10 Å². The minimum atomic E-state index is 0.179. The summed E-state index contributed by atoms with van der Waals surface area (Å²) < 4.78 is 1.79. The van der Waals surface area contributed by atoms with Gasteiger partial charge in [-0.3, -0.25) is 9.78 Å². The number of pyridine rings is 1. The minimum absolute atomic E-state index is 0.179. The molecule has 0 N–H and O–H groups in total. The van der Waals surface area contributed by atoms with E-state index in [4.69, 9.17) is 0 Å². The Bertz CT molecular complexity index is 533. The van der Waals surface area contributed by atoms with Crippen molar-refractivity contribution in [1.82, 2.24) is 19.7 Å². The van der Waals surface area contributed by atoms with Crippen molar-refractivity contribution >= 4 is 5.78 Å². The number of hydrogen-bond donors (Lipinski definition) is 0. The first-order chi connectivity index (χ1) is 9.16. The Morgan fingerprint density at radius 2 is 2.26 bits per heavy atom. The van der Waals surface area contributed by atoms with Gasteiger partial charge >= 0.3 is 0 Å². The van der Waals surface area contributed by atoms with Crippen molar-refractivity contribution < 1.29 is 4.79 Å². The summed E-state index contributed by atoms with van der Waals surface area (Å²) in [7, 11) is 0. The first-order valence-electron chi connectivity index (χ1n) is 6.46. The fourth-order valence-electron chi connectivity index (χ4n) is 1.93. The van der Waals surface area contributed by atoms with Crippen LogP contribution in [0, 0.1) is 0 Å². The van der Waals surface area contributed by atoms with Crippen molar-refractivity contribution in [3.63, 3.8) is 0 Å². The van der Waals surface area contributed by atoms with Gasteiger partial charge in [-0.15, -0.1) is 0 Å². The number of aryl methyl sites for hydroxylation is 1. The number of nitrogens with zero attached hydrogens (tertiary/aromatic N) is 4. The second-order valence-electron chi connectivity index (χ2n) is 4.79. The zero-order valence-corrected chi connectivity index (χ0v) is 11.3. The summed E-state index contributed by atoms with van der Waals surface area (Å²) in [6.45, 7) is 4.05. The summed E-state index contributed by atoms with van der Waals surface area (Å²) >= 11 is 0. The molecule has 0 aliphatic heterocycles. The van der Waals surface area contributed by atoms with Crippen molar-refractivity contribution in [3.8, 4) is 0 Å². The maximum absolute atomic E-state index is 12.0. The lowest BCUT2D eigenvalue weighted by atomic mass is 10.1. The Hall–Kier alpha value is -2.04. The molecule has 19 heavy (non-hydrogen) atoms. The monoisotopic (exact) mass is 258 g/mol. The van der Waals surface area contributed by atoms with Crippen LogP contribution in [0.25, 0.3) is 0 Å². The minimum Gasteiger partial charge on any atom is -0.299 e. The quantitative estimate of drug-likeness (QED) is 0.795. The van der Waals surface area contributed by atoms with E-state index in [0.29, 0.717) is 12.8 Å². The van der Waals surface area contributed by atoms with Crippen molar-refractivity contribution in [2.24, 2.45) is 0 Å². The van der Waals surface area contributed by atoms with Crippen LogP contribution in [-0.4, -0.2) is 25.5 Å². The van der Waals surface area contributed by atoms with Crippen LogP contribution in [0.4, 0.5) is 0 Å². The van der Waals surface area contributed by atoms with Crippen LogP contribution in [0.3, 0.4) is 0 Å². The number of carbonyl (C=O) groups excluding carboxylic acids is 1. The Balaban J connectivity index is 1.89. The smallest absolute Gasteiger partial charge is 0.140 e. The van der Waals surface area contributed by atoms with Crippen molar-refractivity contribution in [3.05, 3.63) is 42.2 Å². The SMILES string of the molecule is CC(C)n1ncnc1CC(=O)CCc1cccnc1. The normalized spacial score (nSPS) is 10.9. The van der Waals surface area contributed by atoms with Gasteiger partial charge in [-0.25, -0.2) is 9.67 Å². The molecule has 0 fully saturated rings. The molecule has 0 aliphatic rings. The summed E-state index contributed by atoms with van der Waals surface area (Å²) in [5.41, 5.74) is 1.08. The predicted molar refractivity (Wildman–Crippen MR) is 71.7 cm³/mol. The second-order valence-corrected chi connectivity index (χ2v) is 4.79. The molecule has 2 heterocycles. The zero-order valence-electron chi connectivity index (χ0n) is 11.3. The molecule has 0 aromatic carbocycles. The Kier molecular flexibility index (Phi) is 4.39. The van der Waals surface area contributed by atoms with Gasteiger partial charge in [0.25, 0.3) is 0 Å². The van der Waals surface area contributed by atoms with Gasteiger partial charge in [0.15, 0.2) is 0 Å². The van der Waals surface area contributed by atoms with Gasteiger partial charge in [0.2, 0.25) is 0 Å². The maximum atomic E-state index is 12.0. The van der Waals surface area contributed by atoms with Gasteiger partial charge in [0.1, 0.15) is 17.9 Å². The lowest BCUT2D eigenvalue weighted by molar-refractivity contribution is -0.118. The maximum Gasteiger partial charge on any atom is 0.140 e. The number of ketones is 1. The highest BCUT2D eigenvalue weighted by atomic mass is 16.1. The molecule has 0 bridgehead atoms. The molecule has 0 atom stereocenters. The van der Waals surface area contributed by atoms with E-state index in [1.165, 1.54) is 6.33 Å². The molecule has 5 heteroatoms. The molecule has 0 unspecified atom stereocenters. The second kappa shape index (κ2) is 6.22. The van der Waals surface area contributed by atoms with Crippen molar-refractivity contribution in [2.45, 2.75) is 39.2 Å². The van der Waals surface area contributed by atoms with Crippen LogP contribution in [0.5, 0.6) is 0 Å². The Labute approximate surface area is 112 Å². The van der Waals surface area contributed by atoms with E-state index in [9.17, 15) is 4.79 Å². The molecule has 0 radical (unpaired) electrons. The molecule has 0 saturated heterocycles. The highest BCUT2D eigenvalue weighted by molar-refractivity contribution is 5.80. The number of Topliss-reactive ketones (excluding diaryl/α,β-unsaturated/α-hetero) is 1. The fourth-order valence-corrected chi connectivity index (χ4v) is 1.93. The average Bonchev–Trinajstić information content (AvgIpc) is 2.86. The molecule has 5 nitrogen and oxygen atoms in total. The predicted octanol–water partition coefficient (Wildman–Crippen LogP) is 2.00. The van der Waals surface area contributed by atoms with E-state index >= 15 is 0 Å². The Morgan fingerprint density at radius 3 is 2.95 bits per heavy atom. The van der Waals surface area contributed by atoms with Gasteiger partial charge in [-0.1, -0.05) is 6.07 Å². The lowest BCUT2D eigenvalue weighted by Gasteiger charge is -2.08. The largest absolute Gasteiger partial charge is 0.299 e. The van der Waals surface area contributed by atoms with Crippen LogP contribution in [-0.2, 0) is 17.6 Å². The summed E-state index contributed by atoms with van der Waals surface area (Å²) in [6, 6.07) is 4.09. The summed E-state index contributed by atoms with van der Waals surface area (Å²) in [6.07, 6.45) is 6.61. The Morgan fingerprint density at radius 1 is 1.42 bits per heavy atom. The van der Waals surface area contributed by atoms with Crippen LogP contribution in [0.2, 0.25) is 0 Å². The fraction of sp³-hybridized carbons (Fsp3) is 0.429. The standard InChI is InChI=1S/C14H18N4O/c1-11(2)18-14(16-10-17-18)8-13(19)6-5-12-4-3-7-15-9-12/h3-4,7,9-11H,5-6,8H2,1-2H3. The summed E-state index contributed by atoms with van der Waals surface area (Å²) in [5.74, 6) is 0.921. The summed E-state index contributed by atoms with van der Waals surface area (Å²) in [4.78, 5) is 20.1. The third kappa shape index (κ3) is 3.71. The molecule has 0 aliphatic carbocycles. The first kappa shape index (κ1) is 13.4. The molecule has 2 rings (SSSR count). The molecular formula is C14H18N4O. The molecule has 100 valence electrons. The van der Waals surface area contributed by atoms with E-state index in [0.717, 1.165) is 17.8 Å². The van der Waals surface area contributed by atoms with E-state index < -0.39 is 0 Å². The third-order valence-electron chi connectivity index (χ3n) is 2.91. The molecule has 2 aromatic rings. The molecule has 2 aromatic heterocycles. The summed E-state index contributed by atoms with van der Waals surface area (Å²) in [5, 5.41) is 4.13. The first-order valence-corrected chi connectivity index (χ1v) is 6.46. The molecule has 0 spiro atoms. The van der Waals surface area contributed by atoms with Crippen LogP contribution in [0.15, 0.2) is 30.9 Å². The number of aromatic nitrogens is 4. The van der Waals surface area contributed by atoms with Gasteiger partial charge in [0.05, 0.1) is 6.42 Å². The van der Waals surface area contributed by atoms with Crippen LogP contribution >= 0.6 is 0 Å². The van der Waals surface area contributed by atoms with Gasteiger partial charge in [-0.05, 0) is 31.9 Å². The highest BCUT2D eigenvalue weighted by Crippen LogP contribution is 2.08. The van der Waals surface area contributed by atoms with E-state index in [2.05, 4.69) is 15.1 Å². The van der Waals surface area contributed by atoms with Crippen molar-refractivity contribution in [2.75, 3.05) is 0 Å².